The van der Waals surface area contributed by atoms with Gasteiger partial charge < -0.3 is 5.32 Å². The molecule has 1 nitrogen and oxygen atoms in total. The molecule has 1 atom stereocenters. The van der Waals surface area contributed by atoms with Gasteiger partial charge in [-0.25, -0.2) is 0 Å². The van der Waals surface area contributed by atoms with Crippen molar-refractivity contribution in [3.05, 3.63) is 35.4 Å². The molecule has 1 aliphatic rings. The van der Waals surface area contributed by atoms with E-state index in [1.807, 2.05) is 0 Å². The molecule has 0 aromatic heterocycles. The van der Waals surface area contributed by atoms with E-state index >= 15 is 0 Å². The van der Waals surface area contributed by atoms with Gasteiger partial charge in [0.2, 0.25) is 0 Å². The molecule has 0 amide bonds. The lowest BCUT2D eigenvalue weighted by Gasteiger charge is -2.12. The first-order chi connectivity index (χ1) is 7.79. The quantitative estimate of drug-likeness (QED) is 0.769. The molecule has 1 heteroatoms. The van der Waals surface area contributed by atoms with Gasteiger partial charge in [-0.15, -0.1) is 0 Å². The van der Waals surface area contributed by atoms with Crippen molar-refractivity contribution in [2.45, 2.75) is 51.5 Å². The van der Waals surface area contributed by atoms with Gasteiger partial charge in [-0.1, -0.05) is 38.1 Å². The minimum Gasteiger partial charge on any atom is -0.314 e. The Morgan fingerprint density at radius 3 is 2.50 bits per heavy atom. The van der Waals surface area contributed by atoms with E-state index < -0.39 is 0 Å². The first kappa shape index (κ1) is 11.7. The van der Waals surface area contributed by atoms with Crippen molar-refractivity contribution in [3.63, 3.8) is 0 Å². The van der Waals surface area contributed by atoms with Crippen molar-refractivity contribution < 1.29 is 0 Å². The van der Waals surface area contributed by atoms with Crippen LogP contribution in [0.2, 0.25) is 0 Å². The largest absolute Gasteiger partial charge is 0.314 e. The number of hydrogen-bond acceptors (Lipinski definition) is 1. The third-order valence-electron chi connectivity index (χ3n) is 3.54. The van der Waals surface area contributed by atoms with Crippen molar-refractivity contribution >= 4 is 0 Å². The molecule has 1 aromatic rings. The second kappa shape index (κ2) is 5.49. The zero-order valence-electron chi connectivity index (χ0n) is 10.5. The van der Waals surface area contributed by atoms with Crippen LogP contribution in [0.4, 0.5) is 0 Å². The zero-order valence-corrected chi connectivity index (χ0v) is 10.5. The van der Waals surface area contributed by atoms with Crippen LogP contribution in [0.3, 0.4) is 0 Å². The van der Waals surface area contributed by atoms with Gasteiger partial charge in [0.25, 0.3) is 0 Å². The van der Waals surface area contributed by atoms with E-state index in [2.05, 4.69) is 43.4 Å². The second-order valence-electron chi connectivity index (χ2n) is 5.01. The third kappa shape index (κ3) is 3.34. The summed E-state index contributed by atoms with van der Waals surface area (Å²) in [7, 11) is 0. The monoisotopic (exact) mass is 217 g/mol. The topological polar surface area (TPSA) is 12.0 Å². The summed E-state index contributed by atoms with van der Waals surface area (Å²) in [6, 6.07) is 9.95. The molecule has 16 heavy (non-hydrogen) atoms. The molecule has 0 heterocycles. The molecule has 1 aliphatic carbocycles. The second-order valence-corrected chi connectivity index (χ2v) is 5.01. The van der Waals surface area contributed by atoms with Crippen LogP contribution in [0.25, 0.3) is 0 Å². The Labute approximate surface area is 99.3 Å². The van der Waals surface area contributed by atoms with E-state index in [9.17, 15) is 0 Å². The SMILES string of the molecule is CCc1ccc(C(C)CCNC2CC2)cc1. The fourth-order valence-electron chi connectivity index (χ4n) is 2.04. The van der Waals surface area contributed by atoms with Crippen LogP contribution >= 0.6 is 0 Å². The Kier molecular flexibility index (Phi) is 4.00. The number of benzene rings is 1. The fraction of sp³-hybridized carbons (Fsp3) is 0.600. The van der Waals surface area contributed by atoms with Crippen molar-refractivity contribution in [2.24, 2.45) is 0 Å². The van der Waals surface area contributed by atoms with Crippen LogP contribution in [-0.2, 0) is 6.42 Å². The summed E-state index contributed by atoms with van der Waals surface area (Å²) in [6.07, 6.45) is 5.17. The Bertz CT molecular complexity index is 311. The molecule has 0 spiro atoms. The maximum atomic E-state index is 3.58. The maximum Gasteiger partial charge on any atom is 0.00682 e. The van der Waals surface area contributed by atoms with E-state index in [1.54, 1.807) is 0 Å². The molecule has 2 rings (SSSR count). The highest BCUT2D eigenvalue weighted by atomic mass is 14.9. The summed E-state index contributed by atoms with van der Waals surface area (Å²) in [6.45, 7) is 5.70. The molecule has 88 valence electrons. The van der Waals surface area contributed by atoms with Gasteiger partial charge in [-0.2, -0.15) is 0 Å². The van der Waals surface area contributed by atoms with Crippen molar-refractivity contribution in [1.82, 2.24) is 5.32 Å². The predicted molar refractivity (Wildman–Crippen MR) is 69.9 cm³/mol. The molecular formula is C15H23N. The average molecular weight is 217 g/mol. The van der Waals surface area contributed by atoms with Gasteiger partial charge in [0.05, 0.1) is 0 Å². The van der Waals surface area contributed by atoms with E-state index in [4.69, 9.17) is 0 Å². The summed E-state index contributed by atoms with van der Waals surface area (Å²) < 4.78 is 0. The molecular weight excluding hydrogens is 194 g/mol. The Morgan fingerprint density at radius 1 is 1.25 bits per heavy atom. The molecule has 0 aliphatic heterocycles. The van der Waals surface area contributed by atoms with Crippen molar-refractivity contribution in [1.29, 1.82) is 0 Å². The number of hydrogen-bond donors (Lipinski definition) is 1. The molecule has 1 saturated carbocycles. The predicted octanol–water partition coefficient (Wildman–Crippen LogP) is 3.49. The van der Waals surface area contributed by atoms with E-state index in [0.29, 0.717) is 5.92 Å². The van der Waals surface area contributed by atoms with E-state index in [-0.39, 0.29) is 0 Å². The van der Waals surface area contributed by atoms with Crippen molar-refractivity contribution in [3.8, 4) is 0 Å². The first-order valence-corrected chi connectivity index (χ1v) is 6.62. The minimum atomic E-state index is 0.678. The summed E-state index contributed by atoms with van der Waals surface area (Å²) in [4.78, 5) is 0. The summed E-state index contributed by atoms with van der Waals surface area (Å²) in [5.41, 5.74) is 2.92. The summed E-state index contributed by atoms with van der Waals surface area (Å²) in [5.74, 6) is 0.678. The van der Waals surface area contributed by atoms with E-state index in [0.717, 1.165) is 12.5 Å². The van der Waals surface area contributed by atoms with Gasteiger partial charge in [0, 0.05) is 6.04 Å². The number of aryl methyl sites for hydroxylation is 1. The van der Waals surface area contributed by atoms with Gasteiger partial charge in [0.1, 0.15) is 0 Å². The number of nitrogens with one attached hydrogen (secondary N) is 1. The fourth-order valence-corrected chi connectivity index (χ4v) is 2.04. The van der Waals surface area contributed by atoms with Crippen LogP contribution in [-0.4, -0.2) is 12.6 Å². The van der Waals surface area contributed by atoms with Gasteiger partial charge in [-0.05, 0) is 49.3 Å². The maximum absolute atomic E-state index is 3.58. The lowest BCUT2D eigenvalue weighted by atomic mass is 9.96. The smallest absolute Gasteiger partial charge is 0.00682 e. The normalized spacial score (nSPS) is 17.4. The highest BCUT2D eigenvalue weighted by Crippen LogP contribution is 2.21. The molecule has 1 unspecified atom stereocenters. The first-order valence-electron chi connectivity index (χ1n) is 6.62. The van der Waals surface area contributed by atoms with Crippen LogP contribution in [0, 0.1) is 0 Å². The lowest BCUT2D eigenvalue weighted by molar-refractivity contribution is 0.592. The van der Waals surface area contributed by atoms with Crippen LogP contribution in [0.15, 0.2) is 24.3 Å². The summed E-state index contributed by atoms with van der Waals surface area (Å²) in [5, 5.41) is 3.58. The lowest BCUT2D eigenvalue weighted by Crippen LogP contribution is -2.18. The molecule has 0 bridgehead atoms. The minimum absolute atomic E-state index is 0.678. The Balaban J connectivity index is 1.79. The third-order valence-corrected chi connectivity index (χ3v) is 3.54. The average Bonchev–Trinajstić information content (AvgIpc) is 3.13. The van der Waals surface area contributed by atoms with Crippen LogP contribution in [0.1, 0.15) is 50.2 Å². The molecule has 1 N–H and O–H groups in total. The Morgan fingerprint density at radius 2 is 1.94 bits per heavy atom. The van der Waals surface area contributed by atoms with Crippen molar-refractivity contribution in [2.75, 3.05) is 6.54 Å². The van der Waals surface area contributed by atoms with Gasteiger partial charge >= 0.3 is 0 Å². The Hall–Kier alpha value is -0.820. The van der Waals surface area contributed by atoms with Crippen LogP contribution in [0.5, 0.6) is 0 Å². The molecule has 1 fully saturated rings. The molecule has 1 aromatic carbocycles. The van der Waals surface area contributed by atoms with Crippen LogP contribution < -0.4 is 5.32 Å². The highest BCUT2D eigenvalue weighted by molar-refractivity contribution is 5.24. The summed E-state index contributed by atoms with van der Waals surface area (Å²) >= 11 is 0. The molecule has 0 saturated heterocycles. The molecule has 0 radical (unpaired) electrons. The highest BCUT2D eigenvalue weighted by Gasteiger charge is 2.20. The number of rotatable bonds is 6. The van der Waals surface area contributed by atoms with E-state index in [1.165, 1.54) is 36.9 Å². The standard InChI is InChI=1S/C15H23N/c1-3-13-4-6-14(7-5-13)12(2)10-11-16-15-8-9-15/h4-7,12,15-16H,3,8-11H2,1-2H3. The van der Waals surface area contributed by atoms with Gasteiger partial charge in [-0.3, -0.25) is 0 Å². The van der Waals surface area contributed by atoms with Gasteiger partial charge in [0.15, 0.2) is 0 Å². The zero-order chi connectivity index (χ0) is 11.4.